The third kappa shape index (κ3) is 4.32. The quantitative estimate of drug-likeness (QED) is 0.436. The van der Waals surface area contributed by atoms with E-state index in [4.69, 9.17) is 5.73 Å². The highest BCUT2D eigenvalue weighted by molar-refractivity contribution is 8.00. The summed E-state index contributed by atoms with van der Waals surface area (Å²) in [4.78, 5) is 46.2. The van der Waals surface area contributed by atoms with Crippen LogP contribution in [-0.4, -0.2) is 59.5 Å². The molecule has 0 saturated carbocycles. The molecule has 0 aromatic rings. The number of nitrogens with zero attached hydrogens (tertiary/aromatic N) is 1. The Bertz CT molecular complexity index is 388. The maximum absolute atomic E-state index is 11.9. The van der Waals surface area contributed by atoms with Gasteiger partial charge in [0.05, 0.1) is 11.3 Å². The fourth-order valence-corrected chi connectivity index (χ4v) is 2.69. The third-order valence-electron chi connectivity index (χ3n) is 2.71. The lowest BCUT2D eigenvalue weighted by atomic mass is 10.3. The van der Waals surface area contributed by atoms with Crippen molar-refractivity contribution in [2.45, 2.75) is 24.1 Å². The van der Waals surface area contributed by atoms with Crippen molar-refractivity contribution in [1.29, 1.82) is 0 Å². The van der Waals surface area contributed by atoms with Crippen LogP contribution in [0.5, 0.6) is 0 Å². The van der Waals surface area contributed by atoms with Gasteiger partial charge in [-0.15, -0.1) is 11.8 Å². The van der Waals surface area contributed by atoms with Crippen LogP contribution in [0.3, 0.4) is 0 Å². The average molecular weight is 287 g/mol. The number of amides is 3. The normalized spacial score (nSPS) is 20.5. The first-order valence-corrected chi connectivity index (χ1v) is 6.91. The number of aldehydes is 1. The number of thioether (sulfide) groups is 1. The number of hydrogen-bond donors (Lipinski definition) is 2. The van der Waals surface area contributed by atoms with Crippen LogP contribution in [0.4, 0.5) is 0 Å². The maximum Gasteiger partial charge on any atom is 0.242 e. The van der Waals surface area contributed by atoms with Crippen LogP contribution in [0, 0.1) is 0 Å². The van der Waals surface area contributed by atoms with Crippen molar-refractivity contribution in [3.63, 3.8) is 0 Å². The Morgan fingerprint density at radius 3 is 2.89 bits per heavy atom. The Kier molecular flexibility index (Phi) is 5.97. The molecule has 3 amide bonds. The highest BCUT2D eigenvalue weighted by atomic mass is 32.2. The zero-order valence-corrected chi connectivity index (χ0v) is 11.4. The summed E-state index contributed by atoms with van der Waals surface area (Å²) in [5, 5.41) is 1.93. The van der Waals surface area contributed by atoms with Crippen LogP contribution in [-0.2, 0) is 19.2 Å². The molecule has 3 N–H and O–H groups in total. The summed E-state index contributed by atoms with van der Waals surface area (Å²) in [6, 6.07) is -0.632. The Morgan fingerprint density at radius 2 is 2.32 bits per heavy atom. The topological polar surface area (TPSA) is 110 Å². The molecule has 19 heavy (non-hydrogen) atoms. The summed E-state index contributed by atoms with van der Waals surface area (Å²) in [7, 11) is 1.50. The van der Waals surface area contributed by atoms with Gasteiger partial charge in [-0.25, -0.2) is 0 Å². The lowest BCUT2D eigenvalue weighted by Crippen LogP contribution is -2.35. The number of carbonyl (C=O) groups is 4. The first kappa shape index (κ1) is 15.6. The van der Waals surface area contributed by atoms with Crippen molar-refractivity contribution in [1.82, 2.24) is 10.2 Å². The Morgan fingerprint density at radius 1 is 1.63 bits per heavy atom. The van der Waals surface area contributed by atoms with Crippen LogP contribution < -0.4 is 11.1 Å². The Hall–Kier alpha value is -1.41. The highest BCUT2D eigenvalue weighted by Gasteiger charge is 2.38. The molecule has 0 radical (unpaired) electrons. The molecule has 0 bridgehead atoms. The molecule has 0 aliphatic carbocycles. The van der Waals surface area contributed by atoms with Gasteiger partial charge in [0.2, 0.25) is 17.7 Å². The van der Waals surface area contributed by atoms with Crippen LogP contribution in [0.2, 0.25) is 0 Å². The van der Waals surface area contributed by atoms with Crippen LogP contribution in [0.25, 0.3) is 0 Å². The van der Waals surface area contributed by atoms with E-state index in [-0.39, 0.29) is 37.1 Å². The van der Waals surface area contributed by atoms with E-state index in [9.17, 15) is 19.2 Å². The standard InChI is InChI=1S/C11H17N3O4S/c1-13-9(16)2-3-14-10(17)4-8(11(14)18)19-6-7(12)5-15/h5,7-8H,2-4,6,12H2,1H3,(H,13,16). The highest BCUT2D eigenvalue weighted by Crippen LogP contribution is 2.25. The average Bonchev–Trinajstić information content (AvgIpc) is 2.68. The largest absolute Gasteiger partial charge is 0.359 e. The predicted molar refractivity (Wildman–Crippen MR) is 70.3 cm³/mol. The molecule has 2 atom stereocenters. The SMILES string of the molecule is CNC(=O)CCN1C(=O)CC(SCC(N)C=O)C1=O. The summed E-state index contributed by atoms with van der Waals surface area (Å²) in [6.07, 6.45) is 0.805. The van der Waals surface area contributed by atoms with Crippen molar-refractivity contribution in [2.75, 3.05) is 19.3 Å². The molecule has 2 unspecified atom stereocenters. The van der Waals surface area contributed by atoms with Gasteiger partial charge in [-0.3, -0.25) is 19.3 Å². The second kappa shape index (κ2) is 7.25. The number of carbonyl (C=O) groups excluding carboxylic acids is 4. The second-order valence-corrected chi connectivity index (χ2v) is 5.37. The van der Waals surface area contributed by atoms with Gasteiger partial charge in [-0.05, 0) is 0 Å². The second-order valence-electron chi connectivity index (χ2n) is 4.13. The Balaban J connectivity index is 2.48. The molecule has 1 heterocycles. The van der Waals surface area contributed by atoms with Gasteiger partial charge in [0.1, 0.15) is 6.29 Å². The number of imide groups is 1. The van der Waals surface area contributed by atoms with Gasteiger partial charge in [0.25, 0.3) is 0 Å². The molecular weight excluding hydrogens is 270 g/mol. The van der Waals surface area contributed by atoms with Crippen molar-refractivity contribution in [2.24, 2.45) is 5.73 Å². The van der Waals surface area contributed by atoms with Crippen molar-refractivity contribution >= 4 is 35.8 Å². The summed E-state index contributed by atoms with van der Waals surface area (Å²) in [5.74, 6) is -0.515. The van der Waals surface area contributed by atoms with E-state index in [2.05, 4.69) is 5.32 Å². The zero-order chi connectivity index (χ0) is 14.4. The van der Waals surface area contributed by atoms with Crippen molar-refractivity contribution in [3.05, 3.63) is 0 Å². The fourth-order valence-electron chi connectivity index (χ4n) is 1.62. The minimum Gasteiger partial charge on any atom is -0.359 e. The molecule has 0 aromatic heterocycles. The van der Waals surface area contributed by atoms with Gasteiger partial charge >= 0.3 is 0 Å². The van der Waals surface area contributed by atoms with E-state index in [1.54, 1.807) is 0 Å². The number of likely N-dealkylation sites (tertiary alicyclic amines) is 1. The molecule has 1 fully saturated rings. The zero-order valence-electron chi connectivity index (χ0n) is 10.6. The van der Waals surface area contributed by atoms with E-state index >= 15 is 0 Å². The first-order chi connectivity index (χ1) is 8.99. The van der Waals surface area contributed by atoms with Crippen molar-refractivity contribution in [3.8, 4) is 0 Å². The van der Waals surface area contributed by atoms with Crippen LogP contribution >= 0.6 is 11.8 Å². The number of nitrogens with one attached hydrogen (secondary N) is 1. The number of nitrogens with two attached hydrogens (primary N) is 1. The third-order valence-corrected chi connectivity index (χ3v) is 4.06. The number of rotatable bonds is 7. The van der Waals surface area contributed by atoms with Crippen LogP contribution in [0.1, 0.15) is 12.8 Å². The molecule has 7 nitrogen and oxygen atoms in total. The first-order valence-electron chi connectivity index (χ1n) is 5.86. The summed E-state index contributed by atoms with van der Waals surface area (Å²) < 4.78 is 0. The molecule has 0 spiro atoms. The van der Waals surface area contributed by atoms with Gasteiger partial charge in [0, 0.05) is 32.2 Å². The molecule has 1 saturated heterocycles. The molecular formula is C11H17N3O4S. The summed E-state index contributed by atoms with van der Waals surface area (Å²) in [5.41, 5.74) is 5.43. The minimum absolute atomic E-state index is 0.0914. The van der Waals surface area contributed by atoms with E-state index < -0.39 is 11.3 Å². The fraction of sp³-hybridized carbons (Fsp3) is 0.636. The van der Waals surface area contributed by atoms with Crippen molar-refractivity contribution < 1.29 is 19.2 Å². The van der Waals surface area contributed by atoms with E-state index in [1.165, 1.54) is 18.8 Å². The van der Waals surface area contributed by atoms with Crippen LogP contribution in [0.15, 0.2) is 0 Å². The van der Waals surface area contributed by atoms with E-state index in [0.717, 1.165) is 4.90 Å². The van der Waals surface area contributed by atoms with Gasteiger partial charge in [-0.2, -0.15) is 0 Å². The lowest BCUT2D eigenvalue weighted by molar-refractivity contribution is -0.138. The molecule has 8 heteroatoms. The Labute approximate surface area is 115 Å². The predicted octanol–water partition coefficient (Wildman–Crippen LogP) is -1.49. The van der Waals surface area contributed by atoms with Gasteiger partial charge < -0.3 is 15.8 Å². The van der Waals surface area contributed by atoms with Gasteiger partial charge in [0.15, 0.2) is 0 Å². The van der Waals surface area contributed by atoms with E-state index in [0.29, 0.717) is 12.0 Å². The maximum atomic E-state index is 11.9. The summed E-state index contributed by atoms with van der Waals surface area (Å²) in [6.45, 7) is 0.0914. The van der Waals surface area contributed by atoms with Gasteiger partial charge in [-0.1, -0.05) is 0 Å². The molecule has 1 rings (SSSR count). The minimum atomic E-state index is -0.632. The summed E-state index contributed by atoms with van der Waals surface area (Å²) >= 11 is 1.20. The molecule has 106 valence electrons. The molecule has 0 aromatic carbocycles. The van der Waals surface area contributed by atoms with E-state index in [1.807, 2.05) is 0 Å². The lowest BCUT2D eigenvalue weighted by Gasteiger charge is -2.14. The smallest absolute Gasteiger partial charge is 0.242 e. The molecule has 1 aliphatic rings. The number of hydrogen-bond acceptors (Lipinski definition) is 6. The molecule has 1 aliphatic heterocycles. The monoisotopic (exact) mass is 287 g/mol.